The fourth-order valence-electron chi connectivity index (χ4n) is 3.02. The summed E-state index contributed by atoms with van der Waals surface area (Å²) in [6, 6.07) is 8.82. The van der Waals surface area contributed by atoms with Crippen LogP contribution in [0.3, 0.4) is 0 Å². The van der Waals surface area contributed by atoms with Crippen LogP contribution in [0.25, 0.3) is 0 Å². The number of furan rings is 1. The fourth-order valence-corrected chi connectivity index (χ4v) is 7.74. The molecule has 0 saturated carbocycles. The van der Waals surface area contributed by atoms with Gasteiger partial charge in [0.05, 0.1) is 41.1 Å². The molecule has 1 aliphatic heterocycles. The topological polar surface area (TPSA) is 103 Å². The largest absolute Gasteiger partial charge is 0.494 e. The Hall–Kier alpha value is -1.84. The van der Waals surface area contributed by atoms with E-state index in [1.807, 2.05) is 6.92 Å². The molecule has 2 aromatic rings. The van der Waals surface area contributed by atoms with Crippen LogP contribution in [0.5, 0.6) is 5.75 Å². The molecule has 1 fully saturated rings. The third-order valence-corrected chi connectivity index (χ3v) is 8.45. The standard InChI is InChI=1S/C17H21NO6S2/c1-2-23-13-5-7-15(8-6-13)26(21,22)17-12-25(19,20)11-16(17)18-10-14-4-3-9-24-14/h3-9,16-18H,2,10-12H2,1H3/t16-,17-/m0/s1. The smallest absolute Gasteiger partial charge is 0.183 e. The van der Waals surface area contributed by atoms with Gasteiger partial charge in [-0.05, 0) is 43.3 Å². The van der Waals surface area contributed by atoms with E-state index in [1.165, 1.54) is 18.4 Å². The molecule has 1 saturated heterocycles. The van der Waals surface area contributed by atoms with Gasteiger partial charge >= 0.3 is 0 Å². The van der Waals surface area contributed by atoms with Gasteiger partial charge in [0.15, 0.2) is 19.7 Å². The molecule has 1 aliphatic rings. The molecule has 1 aromatic carbocycles. The summed E-state index contributed by atoms with van der Waals surface area (Å²) in [6.07, 6.45) is 1.51. The second kappa shape index (κ2) is 7.42. The molecular weight excluding hydrogens is 378 g/mol. The number of benzene rings is 1. The van der Waals surface area contributed by atoms with Crippen molar-refractivity contribution in [1.29, 1.82) is 0 Å². The van der Waals surface area contributed by atoms with Crippen molar-refractivity contribution < 1.29 is 26.0 Å². The molecule has 0 aliphatic carbocycles. The van der Waals surface area contributed by atoms with E-state index in [2.05, 4.69) is 5.32 Å². The zero-order chi connectivity index (χ0) is 18.8. The van der Waals surface area contributed by atoms with Crippen molar-refractivity contribution in [2.75, 3.05) is 18.1 Å². The van der Waals surface area contributed by atoms with Crippen LogP contribution >= 0.6 is 0 Å². The minimum absolute atomic E-state index is 0.0906. The maximum absolute atomic E-state index is 13.0. The Balaban J connectivity index is 1.82. The van der Waals surface area contributed by atoms with Gasteiger partial charge in [0.25, 0.3) is 0 Å². The zero-order valence-corrected chi connectivity index (χ0v) is 15.9. The number of hydrogen-bond donors (Lipinski definition) is 1. The van der Waals surface area contributed by atoms with Crippen LogP contribution < -0.4 is 10.1 Å². The Bertz CT molecular complexity index is 934. The van der Waals surface area contributed by atoms with Crippen LogP contribution in [-0.2, 0) is 26.2 Å². The van der Waals surface area contributed by atoms with Gasteiger partial charge in [-0.15, -0.1) is 0 Å². The lowest BCUT2D eigenvalue weighted by Gasteiger charge is -2.19. The van der Waals surface area contributed by atoms with E-state index >= 15 is 0 Å². The zero-order valence-electron chi connectivity index (χ0n) is 14.3. The minimum atomic E-state index is -3.81. The molecule has 2 heterocycles. The fraction of sp³-hybridized carbons (Fsp3) is 0.412. The average Bonchev–Trinajstić information content (AvgIpc) is 3.21. The summed E-state index contributed by atoms with van der Waals surface area (Å²) in [7, 11) is -7.25. The van der Waals surface area contributed by atoms with Crippen molar-refractivity contribution in [3.05, 3.63) is 48.4 Å². The minimum Gasteiger partial charge on any atom is -0.494 e. The third-order valence-electron chi connectivity index (χ3n) is 4.28. The van der Waals surface area contributed by atoms with Gasteiger partial charge in [-0.2, -0.15) is 0 Å². The predicted octanol–water partition coefficient (Wildman–Crippen LogP) is 1.41. The van der Waals surface area contributed by atoms with E-state index in [9.17, 15) is 16.8 Å². The number of nitrogens with one attached hydrogen (secondary N) is 1. The summed E-state index contributed by atoms with van der Waals surface area (Å²) >= 11 is 0. The average molecular weight is 399 g/mol. The third kappa shape index (κ3) is 4.11. The quantitative estimate of drug-likeness (QED) is 0.751. The molecule has 7 nitrogen and oxygen atoms in total. The molecule has 0 unspecified atom stereocenters. The highest BCUT2D eigenvalue weighted by Crippen LogP contribution is 2.27. The summed E-state index contributed by atoms with van der Waals surface area (Å²) in [5.74, 6) is 0.581. The van der Waals surface area contributed by atoms with Crippen molar-refractivity contribution >= 4 is 19.7 Å². The Labute approximate surface area is 153 Å². The first-order valence-corrected chi connectivity index (χ1v) is 11.6. The number of hydrogen-bond acceptors (Lipinski definition) is 7. The Morgan fingerprint density at radius 3 is 2.54 bits per heavy atom. The van der Waals surface area contributed by atoms with Crippen molar-refractivity contribution in [1.82, 2.24) is 5.32 Å². The van der Waals surface area contributed by atoms with Crippen molar-refractivity contribution in [2.45, 2.75) is 29.7 Å². The van der Waals surface area contributed by atoms with E-state index in [0.717, 1.165) is 0 Å². The monoisotopic (exact) mass is 399 g/mol. The second-order valence-corrected chi connectivity index (χ2v) is 10.5. The first-order chi connectivity index (χ1) is 12.3. The van der Waals surface area contributed by atoms with Crippen LogP contribution in [0.1, 0.15) is 12.7 Å². The van der Waals surface area contributed by atoms with Crippen LogP contribution in [0, 0.1) is 0 Å². The van der Waals surface area contributed by atoms with Crippen molar-refractivity contribution in [3.63, 3.8) is 0 Å². The molecule has 0 bridgehead atoms. The molecule has 0 amide bonds. The lowest BCUT2D eigenvalue weighted by molar-refractivity contribution is 0.340. The molecule has 142 valence electrons. The van der Waals surface area contributed by atoms with Crippen molar-refractivity contribution in [3.8, 4) is 5.75 Å². The predicted molar refractivity (Wildman–Crippen MR) is 96.6 cm³/mol. The summed E-state index contributed by atoms with van der Waals surface area (Å²) in [6.45, 7) is 2.58. The first kappa shape index (κ1) is 18.9. The van der Waals surface area contributed by atoms with Gasteiger partial charge in [-0.3, -0.25) is 0 Å². The number of sulfone groups is 2. The lowest BCUT2D eigenvalue weighted by Crippen LogP contribution is -2.42. The van der Waals surface area contributed by atoms with Crippen LogP contribution in [-0.4, -0.2) is 46.2 Å². The Kier molecular flexibility index (Phi) is 5.40. The lowest BCUT2D eigenvalue weighted by atomic mass is 10.2. The maximum atomic E-state index is 13.0. The van der Waals surface area contributed by atoms with Gasteiger partial charge in [0, 0.05) is 6.04 Å². The van der Waals surface area contributed by atoms with Crippen LogP contribution in [0.2, 0.25) is 0 Å². The number of ether oxygens (including phenoxy) is 1. The summed E-state index contributed by atoms with van der Waals surface area (Å²) in [4.78, 5) is 0.0906. The van der Waals surface area contributed by atoms with Gasteiger partial charge in [-0.1, -0.05) is 0 Å². The molecule has 1 aromatic heterocycles. The van der Waals surface area contributed by atoms with E-state index in [4.69, 9.17) is 9.15 Å². The highest BCUT2D eigenvalue weighted by Gasteiger charge is 2.45. The molecule has 26 heavy (non-hydrogen) atoms. The number of rotatable bonds is 7. The molecule has 2 atom stereocenters. The van der Waals surface area contributed by atoms with Gasteiger partial charge in [-0.25, -0.2) is 16.8 Å². The molecule has 9 heteroatoms. The van der Waals surface area contributed by atoms with Crippen LogP contribution in [0.4, 0.5) is 0 Å². The molecule has 0 radical (unpaired) electrons. The summed E-state index contributed by atoms with van der Waals surface area (Å²) in [5, 5.41) is 1.98. The molecular formula is C17H21NO6S2. The van der Waals surface area contributed by atoms with Crippen molar-refractivity contribution in [2.24, 2.45) is 0 Å². The highest BCUT2D eigenvalue weighted by molar-refractivity contribution is 7.96. The van der Waals surface area contributed by atoms with Gasteiger partial charge < -0.3 is 14.5 Å². The van der Waals surface area contributed by atoms with Gasteiger partial charge in [0.1, 0.15) is 11.5 Å². The summed E-state index contributed by atoms with van der Waals surface area (Å²) < 4.78 is 60.7. The summed E-state index contributed by atoms with van der Waals surface area (Å²) in [5.41, 5.74) is 0. The highest BCUT2D eigenvalue weighted by atomic mass is 32.2. The molecule has 0 spiro atoms. The van der Waals surface area contributed by atoms with E-state index in [-0.39, 0.29) is 17.2 Å². The van der Waals surface area contributed by atoms with E-state index in [0.29, 0.717) is 18.1 Å². The van der Waals surface area contributed by atoms with E-state index in [1.54, 1.807) is 24.3 Å². The van der Waals surface area contributed by atoms with Gasteiger partial charge in [0.2, 0.25) is 0 Å². The Morgan fingerprint density at radius 1 is 1.19 bits per heavy atom. The normalized spacial score (nSPS) is 22.3. The first-order valence-electron chi connectivity index (χ1n) is 8.25. The molecule has 1 N–H and O–H groups in total. The Morgan fingerprint density at radius 2 is 1.92 bits per heavy atom. The van der Waals surface area contributed by atoms with E-state index < -0.39 is 36.7 Å². The maximum Gasteiger partial charge on any atom is 0.183 e. The SMILES string of the molecule is CCOc1ccc(S(=O)(=O)[C@H]2CS(=O)(=O)C[C@@H]2NCc2ccco2)cc1. The van der Waals surface area contributed by atoms with Crippen LogP contribution in [0.15, 0.2) is 52.0 Å². The molecule has 3 rings (SSSR count). The second-order valence-electron chi connectivity index (χ2n) is 6.13.